The van der Waals surface area contributed by atoms with Crippen molar-refractivity contribution >= 4 is 5.91 Å². The van der Waals surface area contributed by atoms with Crippen molar-refractivity contribution in [2.75, 3.05) is 14.2 Å². The second kappa shape index (κ2) is 8.97. The molecule has 134 valence electrons. The van der Waals surface area contributed by atoms with Gasteiger partial charge in [-0.2, -0.15) is 0 Å². The van der Waals surface area contributed by atoms with E-state index >= 15 is 0 Å². The van der Waals surface area contributed by atoms with Gasteiger partial charge >= 0.3 is 0 Å². The molecule has 1 N–H and O–H groups in total. The molecule has 0 bridgehead atoms. The van der Waals surface area contributed by atoms with Crippen molar-refractivity contribution < 1.29 is 19.0 Å². The van der Waals surface area contributed by atoms with E-state index < -0.39 is 0 Å². The van der Waals surface area contributed by atoms with E-state index in [0.717, 1.165) is 16.9 Å². The molecule has 0 aliphatic carbocycles. The molecular formula is C20H25NO4. The summed E-state index contributed by atoms with van der Waals surface area (Å²) >= 11 is 0. The van der Waals surface area contributed by atoms with Gasteiger partial charge in [0.1, 0.15) is 5.75 Å². The lowest BCUT2D eigenvalue weighted by Gasteiger charge is -2.11. The number of hydrogen-bond acceptors (Lipinski definition) is 4. The van der Waals surface area contributed by atoms with Crippen LogP contribution < -0.4 is 19.5 Å². The van der Waals surface area contributed by atoms with Crippen molar-refractivity contribution in [1.82, 2.24) is 5.32 Å². The zero-order valence-corrected chi connectivity index (χ0v) is 15.2. The van der Waals surface area contributed by atoms with E-state index in [4.69, 9.17) is 14.2 Å². The molecule has 2 aromatic rings. The number of hydrogen-bond donors (Lipinski definition) is 1. The number of methoxy groups -OCH3 is 2. The molecule has 0 atom stereocenters. The first-order valence-electron chi connectivity index (χ1n) is 8.25. The SMILES string of the molecule is COc1ccc(CC(=O)NCc2ccc(OC(C)C)cc2)cc1OC. The number of carbonyl (C=O) groups is 1. The van der Waals surface area contributed by atoms with Gasteiger partial charge in [0.25, 0.3) is 0 Å². The topological polar surface area (TPSA) is 56.8 Å². The maximum atomic E-state index is 12.1. The lowest BCUT2D eigenvalue weighted by atomic mass is 10.1. The molecule has 0 unspecified atom stereocenters. The summed E-state index contributed by atoms with van der Waals surface area (Å²) < 4.78 is 16.1. The molecule has 0 saturated heterocycles. The normalized spacial score (nSPS) is 10.4. The lowest BCUT2D eigenvalue weighted by Crippen LogP contribution is -2.24. The van der Waals surface area contributed by atoms with Crippen LogP contribution in [-0.4, -0.2) is 26.2 Å². The molecule has 0 saturated carbocycles. The van der Waals surface area contributed by atoms with Crippen LogP contribution in [0, 0.1) is 0 Å². The summed E-state index contributed by atoms with van der Waals surface area (Å²) in [5, 5.41) is 2.92. The van der Waals surface area contributed by atoms with Crippen LogP contribution in [0.3, 0.4) is 0 Å². The Morgan fingerprint density at radius 3 is 2.20 bits per heavy atom. The van der Waals surface area contributed by atoms with Crippen molar-refractivity contribution in [3.05, 3.63) is 53.6 Å². The molecule has 2 rings (SSSR count). The average Bonchev–Trinajstić information content (AvgIpc) is 2.60. The maximum Gasteiger partial charge on any atom is 0.224 e. The van der Waals surface area contributed by atoms with Crippen LogP contribution in [0.2, 0.25) is 0 Å². The Balaban J connectivity index is 1.88. The highest BCUT2D eigenvalue weighted by molar-refractivity contribution is 5.78. The molecule has 5 heteroatoms. The smallest absolute Gasteiger partial charge is 0.224 e. The minimum atomic E-state index is -0.0465. The molecule has 0 fully saturated rings. The van der Waals surface area contributed by atoms with Crippen molar-refractivity contribution in [3.8, 4) is 17.2 Å². The van der Waals surface area contributed by atoms with Gasteiger partial charge in [0, 0.05) is 6.54 Å². The predicted octanol–water partition coefficient (Wildman–Crippen LogP) is 3.35. The Kier molecular flexibility index (Phi) is 6.69. The van der Waals surface area contributed by atoms with Gasteiger partial charge in [-0.25, -0.2) is 0 Å². The summed E-state index contributed by atoms with van der Waals surface area (Å²) in [5.74, 6) is 2.05. The summed E-state index contributed by atoms with van der Waals surface area (Å²) in [5.41, 5.74) is 1.90. The van der Waals surface area contributed by atoms with Crippen LogP contribution in [0.1, 0.15) is 25.0 Å². The van der Waals surface area contributed by atoms with E-state index in [-0.39, 0.29) is 18.4 Å². The van der Waals surface area contributed by atoms with Gasteiger partial charge in [-0.3, -0.25) is 4.79 Å². The molecule has 5 nitrogen and oxygen atoms in total. The highest BCUT2D eigenvalue weighted by Gasteiger charge is 2.08. The van der Waals surface area contributed by atoms with Crippen molar-refractivity contribution in [3.63, 3.8) is 0 Å². The first kappa shape index (κ1) is 18.6. The molecule has 0 radical (unpaired) electrons. The summed E-state index contributed by atoms with van der Waals surface area (Å²) in [7, 11) is 3.16. The van der Waals surface area contributed by atoms with Gasteiger partial charge in [0.2, 0.25) is 5.91 Å². The van der Waals surface area contributed by atoms with Crippen LogP contribution in [0.25, 0.3) is 0 Å². The minimum absolute atomic E-state index is 0.0465. The molecule has 25 heavy (non-hydrogen) atoms. The van der Waals surface area contributed by atoms with Crippen LogP contribution >= 0.6 is 0 Å². The van der Waals surface area contributed by atoms with Gasteiger partial charge in [-0.05, 0) is 49.2 Å². The standard InChI is InChI=1S/C20H25NO4/c1-14(2)25-17-8-5-15(6-9-17)13-21-20(22)12-16-7-10-18(23-3)19(11-16)24-4/h5-11,14H,12-13H2,1-4H3,(H,21,22). The first-order valence-corrected chi connectivity index (χ1v) is 8.25. The Bertz CT molecular complexity index is 695. The minimum Gasteiger partial charge on any atom is -0.493 e. The second-order valence-electron chi connectivity index (χ2n) is 5.95. The van der Waals surface area contributed by atoms with E-state index in [1.54, 1.807) is 20.3 Å². The number of benzene rings is 2. The molecule has 0 aliphatic heterocycles. The fraction of sp³-hybridized carbons (Fsp3) is 0.350. The Labute approximate surface area is 148 Å². The van der Waals surface area contributed by atoms with Crippen LogP contribution in [0.4, 0.5) is 0 Å². The quantitative estimate of drug-likeness (QED) is 0.799. The van der Waals surface area contributed by atoms with Gasteiger partial charge in [-0.15, -0.1) is 0 Å². The van der Waals surface area contributed by atoms with Crippen molar-refractivity contribution in [1.29, 1.82) is 0 Å². The number of amides is 1. The number of ether oxygens (including phenoxy) is 3. The highest BCUT2D eigenvalue weighted by Crippen LogP contribution is 2.27. The zero-order valence-electron chi connectivity index (χ0n) is 15.2. The third-order valence-electron chi connectivity index (χ3n) is 3.60. The highest BCUT2D eigenvalue weighted by atomic mass is 16.5. The summed E-state index contributed by atoms with van der Waals surface area (Å²) in [6, 6.07) is 13.2. The molecule has 2 aromatic carbocycles. The summed E-state index contributed by atoms with van der Waals surface area (Å²) in [6.07, 6.45) is 0.432. The second-order valence-corrected chi connectivity index (χ2v) is 5.95. The zero-order chi connectivity index (χ0) is 18.2. The molecule has 0 spiro atoms. The fourth-order valence-corrected chi connectivity index (χ4v) is 2.40. The van der Waals surface area contributed by atoms with Gasteiger partial charge in [-0.1, -0.05) is 18.2 Å². The van der Waals surface area contributed by atoms with E-state index in [1.807, 2.05) is 50.2 Å². The monoisotopic (exact) mass is 343 g/mol. The maximum absolute atomic E-state index is 12.1. The van der Waals surface area contributed by atoms with Crippen molar-refractivity contribution in [2.24, 2.45) is 0 Å². The first-order chi connectivity index (χ1) is 12.0. The molecular weight excluding hydrogens is 318 g/mol. The lowest BCUT2D eigenvalue weighted by molar-refractivity contribution is -0.120. The molecule has 0 aliphatic rings. The number of nitrogens with one attached hydrogen (secondary N) is 1. The van der Waals surface area contributed by atoms with Gasteiger partial charge < -0.3 is 19.5 Å². The van der Waals surface area contributed by atoms with E-state index in [9.17, 15) is 4.79 Å². The summed E-state index contributed by atoms with van der Waals surface area (Å²) in [4.78, 5) is 12.1. The molecule has 0 heterocycles. The third kappa shape index (κ3) is 5.71. The largest absolute Gasteiger partial charge is 0.493 e. The predicted molar refractivity (Wildman–Crippen MR) is 97.3 cm³/mol. The Morgan fingerprint density at radius 1 is 0.960 bits per heavy atom. The molecule has 0 aromatic heterocycles. The summed E-state index contributed by atoms with van der Waals surface area (Å²) in [6.45, 7) is 4.46. The van der Waals surface area contributed by atoms with Gasteiger partial charge in [0.15, 0.2) is 11.5 Å². The number of carbonyl (C=O) groups excluding carboxylic acids is 1. The molecule has 1 amide bonds. The number of rotatable bonds is 8. The third-order valence-corrected chi connectivity index (χ3v) is 3.60. The van der Waals surface area contributed by atoms with Crippen molar-refractivity contribution in [2.45, 2.75) is 32.9 Å². The van der Waals surface area contributed by atoms with E-state index in [2.05, 4.69) is 5.32 Å². The average molecular weight is 343 g/mol. The van der Waals surface area contributed by atoms with Crippen LogP contribution in [0.15, 0.2) is 42.5 Å². The Hall–Kier alpha value is -2.69. The fourth-order valence-electron chi connectivity index (χ4n) is 2.40. The van der Waals surface area contributed by atoms with Crippen LogP contribution in [0.5, 0.6) is 17.2 Å². The Morgan fingerprint density at radius 2 is 1.60 bits per heavy atom. The van der Waals surface area contributed by atoms with E-state index in [1.165, 1.54) is 0 Å². The van der Waals surface area contributed by atoms with Crippen LogP contribution in [-0.2, 0) is 17.8 Å². The van der Waals surface area contributed by atoms with E-state index in [0.29, 0.717) is 18.0 Å². The van der Waals surface area contributed by atoms with Gasteiger partial charge in [0.05, 0.1) is 26.7 Å².